The third kappa shape index (κ3) is 2.99. The van der Waals surface area contributed by atoms with Gasteiger partial charge in [-0.15, -0.1) is 0 Å². The van der Waals surface area contributed by atoms with Crippen LogP contribution in [0.25, 0.3) is 10.8 Å². The number of hydrogen-bond acceptors (Lipinski definition) is 4. The number of aromatic hydroxyl groups is 1. The summed E-state index contributed by atoms with van der Waals surface area (Å²) in [5.74, 6) is -0.455. The zero-order valence-electron chi connectivity index (χ0n) is 15.9. The lowest BCUT2D eigenvalue weighted by Crippen LogP contribution is -2.34. The molecule has 0 radical (unpaired) electrons. The van der Waals surface area contributed by atoms with E-state index in [1.807, 2.05) is 12.1 Å². The molecule has 2 amide bonds. The number of amides is 2. The van der Waals surface area contributed by atoms with Crippen molar-refractivity contribution < 1.29 is 14.7 Å². The van der Waals surface area contributed by atoms with Crippen molar-refractivity contribution in [2.45, 2.75) is 32.6 Å². The molecule has 0 saturated carbocycles. The number of carbonyl (C=O) groups is 2. The molecule has 5 heteroatoms. The SMILES string of the molecule is CCCC(C)c1ccc(Nc2c(O)cc3c4c(cccc24)C(=O)NC3=O)cc1. The van der Waals surface area contributed by atoms with E-state index in [0.717, 1.165) is 18.5 Å². The molecule has 28 heavy (non-hydrogen) atoms. The van der Waals surface area contributed by atoms with Crippen LogP contribution in [0.1, 0.15) is 58.9 Å². The van der Waals surface area contributed by atoms with Crippen molar-refractivity contribution in [3.8, 4) is 5.75 Å². The van der Waals surface area contributed by atoms with E-state index in [-0.39, 0.29) is 5.75 Å². The molecule has 0 aliphatic carbocycles. The van der Waals surface area contributed by atoms with E-state index < -0.39 is 11.8 Å². The fourth-order valence-corrected chi connectivity index (χ4v) is 3.85. The van der Waals surface area contributed by atoms with Gasteiger partial charge in [0.1, 0.15) is 5.75 Å². The number of carbonyl (C=O) groups excluding carboxylic acids is 2. The van der Waals surface area contributed by atoms with E-state index in [1.165, 1.54) is 11.6 Å². The van der Waals surface area contributed by atoms with Crippen molar-refractivity contribution in [1.82, 2.24) is 5.32 Å². The molecule has 0 aromatic heterocycles. The van der Waals surface area contributed by atoms with Gasteiger partial charge < -0.3 is 10.4 Å². The van der Waals surface area contributed by atoms with Crippen molar-refractivity contribution in [2.24, 2.45) is 0 Å². The normalized spacial score (nSPS) is 14.1. The molecule has 0 bridgehead atoms. The van der Waals surface area contributed by atoms with Crippen LogP contribution in [0.15, 0.2) is 48.5 Å². The van der Waals surface area contributed by atoms with Gasteiger partial charge in [0.15, 0.2) is 0 Å². The highest BCUT2D eigenvalue weighted by molar-refractivity contribution is 6.27. The number of hydrogen-bond donors (Lipinski definition) is 3. The Morgan fingerprint density at radius 3 is 2.46 bits per heavy atom. The Labute approximate surface area is 163 Å². The maximum absolute atomic E-state index is 12.2. The lowest BCUT2D eigenvalue weighted by molar-refractivity contribution is 0.0844. The Morgan fingerprint density at radius 1 is 1.04 bits per heavy atom. The molecular formula is C23H22N2O3. The molecule has 3 N–H and O–H groups in total. The summed E-state index contributed by atoms with van der Waals surface area (Å²) >= 11 is 0. The number of nitrogens with one attached hydrogen (secondary N) is 2. The lowest BCUT2D eigenvalue weighted by Gasteiger charge is -2.20. The number of phenols is 1. The van der Waals surface area contributed by atoms with Gasteiger partial charge in [-0.1, -0.05) is 44.5 Å². The maximum atomic E-state index is 12.2. The third-order valence-electron chi connectivity index (χ3n) is 5.33. The van der Waals surface area contributed by atoms with Gasteiger partial charge in [0.25, 0.3) is 11.8 Å². The Bertz CT molecular complexity index is 1090. The van der Waals surface area contributed by atoms with Gasteiger partial charge in [-0.3, -0.25) is 14.9 Å². The van der Waals surface area contributed by atoms with Gasteiger partial charge in [-0.2, -0.15) is 0 Å². The summed E-state index contributed by atoms with van der Waals surface area (Å²) in [6.07, 6.45) is 2.28. The van der Waals surface area contributed by atoms with Crippen LogP contribution in [-0.4, -0.2) is 16.9 Å². The Balaban J connectivity index is 1.76. The fraction of sp³-hybridized carbons (Fsp3) is 0.217. The summed E-state index contributed by atoms with van der Waals surface area (Å²) in [6.45, 7) is 4.39. The van der Waals surface area contributed by atoms with Gasteiger partial charge >= 0.3 is 0 Å². The molecule has 3 aromatic carbocycles. The summed E-state index contributed by atoms with van der Waals surface area (Å²) in [5.41, 5.74) is 3.32. The zero-order valence-corrected chi connectivity index (χ0v) is 15.9. The van der Waals surface area contributed by atoms with Crippen molar-refractivity contribution in [3.05, 3.63) is 65.2 Å². The maximum Gasteiger partial charge on any atom is 0.258 e. The second kappa shape index (κ2) is 7.00. The molecule has 1 aliphatic heterocycles. The first-order chi connectivity index (χ1) is 13.5. The van der Waals surface area contributed by atoms with Gasteiger partial charge in [0, 0.05) is 22.0 Å². The molecule has 0 saturated heterocycles. The molecule has 0 fully saturated rings. The molecular weight excluding hydrogens is 352 g/mol. The summed E-state index contributed by atoms with van der Waals surface area (Å²) in [4.78, 5) is 24.4. The van der Waals surface area contributed by atoms with Crippen LogP contribution in [0.4, 0.5) is 11.4 Å². The average Bonchev–Trinajstić information content (AvgIpc) is 2.69. The van der Waals surface area contributed by atoms with Gasteiger partial charge in [-0.25, -0.2) is 0 Å². The molecule has 4 rings (SSSR count). The molecule has 3 aromatic rings. The van der Waals surface area contributed by atoms with Crippen LogP contribution >= 0.6 is 0 Å². The first-order valence-corrected chi connectivity index (χ1v) is 9.51. The molecule has 0 spiro atoms. The quantitative estimate of drug-likeness (QED) is 0.430. The molecule has 5 nitrogen and oxygen atoms in total. The highest BCUT2D eigenvalue weighted by Crippen LogP contribution is 2.40. The first-order valence-electron chi connectivity index (χ1n) is 9.51. The van der Waals surface area contributed by atoms with Crippen LogP contribution in [0.3, 0.4) is 0 Å². The minimum atomic E-state index is -0.496. The minimum Gasteiger partial charge on any atom is -0.506 e. The predicted octanol–water partition coefficient (Wildman–Crippen LogP) is 5.08. The highest BCUT2D eigenvalue weighted by Gasteiger charge is 2.27. The lowest BCUT2D eigenvalue weighted by atomic mass is 9.93. The smallest absolute Gasteiger partial charge is 0.258 e. The Hall–Kier alpha value is -3.34. The minimum absolute atomic E-state index is 0.0347. The predicted molar refractivity (Wildman–Crippen MR) is 110 cm³/mol. The van der Waals surface area contributed by atoms with E-state index >= 15 is 0 Å². The summed E-state index contributed by atoms with van der Waals surface area (Å²) in [7, 11) is 0. The molecule has 142 valence electrons. The van der Waals surface area contributed by atoms with Crippen molar-refractivity contribution in [1.29, 1.82) is 0 Å². The van der Waals surface area contributed by atoms with Crippen LogP contribution < -0.4 is 10.6 Å². The molecule has 1 unspecified atom stereocenters. The summed E-state index contributed by atoms with van der Waals surface area (Å²) in [5, 5.41) is 17.3. The monoisotopic (exact) mass is 374 g/mol. The fourth-order valence-electron chi connectivity index (χ4n) is 3.85. The first kappa shape index (κ1) is 18.0. The van der Waals surface area contributed by atoms with E-state index in [2.05, 4.69) is 36.6 Å². The number of rotatable bonds is 5. The summed E-state index contributed by atoms with van der Waals surface area (Å²) < 4.78 is 0. The highest BCUT2D eigenvalue weighted by atomic mass is 16.3. The third-order valence-corrected chi connectivity index (χ3v) is 5.33. The van der Waals surface area contributed by atoms with Gasteiger partial charge in [-0.05, 0) is 42.2 Å². The number of anilines is 2. The van der Waals surface area contributed by atoms with Crippen molar-refractivity contribution in [2.75, 3.05) is 5.32 Å². The molecule has 1 heterocycles. The number of benzene rings is 3. The largest absolute Gasteiger partial charge is 0.506 e. The van der Waals surface area contributed by atoms with Crippen LogP contribution in [0.5, 0.6) is 5.75 Å². The second-order valence-electron chi connectivity index (χ2n) is 7.27. The van der Waals surface area contributed by atoms with E-state index in [1.54, 1.807) is 18.2 Å². The molecule has 1 atom stereocenters. The van der Waals surface area contributed by atoms with Crippen LogP contribution in [-0.2, 0) is 0 Å². The van der Waals surface area contributed by atoms with E-state index in [0.29, 0.717) is 33.5 Å². The Kier molecular flexibility index (Phi) is 4.51. The van der Waals surface area contributed by atoms with Gasteiger partial charge in [0.2, 0.25) is 0 Å². The van der Waals surface area contributed by atoms with Crippen molar-refractivity contribution in [3.63, 3.8) is 0 Å². The number of imide groups is 1. The standard InChI is InChI=1S/C23H22N2O3/c1-3-5-13(2)14-8-10-15(11-9-14)24-21-16-6-4-7-17-20(16)18(12-19(21)26)23(28)25-22(17)27/h4,6-13,24,26H,3,5H2,1-2H3,(H,25,27,28). The average molecular weight is 374 g/mol. The second-order valence-corrected chi connectivity index (χ2v) is 7.27. The number of phenolic OH excluding ortho intramolecular Hbond substituents is 1. The van der Waals surface area contributed by atoms with E-state index in [4.69, 9.17) is 0 Å². The van der Waals surface area contributed by atoms with Gasteiger partial charge in [0.05, 0.1) is 11.3 Å². The van der Waals surface area contributed by atoms with E-state index in [9.17, 15) is 14.7 Å². The Morgan fingerprint density at radius 2 is 1.75 bits per heavy atom. The molecule has 1 aliphatic rings. The van der Waals surface area contributed by atoms with Crippen LogP contribution in [0.2, 0.25) is 0 Å². The van der Waals surface area contributed by atoms with Crippen molar-refractivity contribution >= 4 is 34.0 Å². The van der Waals surface area contributed by atoms with Crippen LogP contribution in [0, 0.1) is 0 Å². The topological polar surface area (TPSA) is 78.4 Å². The zero-order chi connectivity index (χ0) is 19.8. The summed E-state index contributed by atoms with van der Waals surface area (Å²) in [6, 6.07) is 14.8.